The van der Waals surface area contributed by atoms with E-state index >= 15 is 0 Å². The molecule has 0 radical (unpaired) electrons. The number of carbonyl (C=O) groups is 1. The minimum Gasteiger partial charge on any atom is -0.378 e. The highest BCUT2D eigenvalue weighted by atomic mass is 19.1. The number of hydrogen-bond acceptors (Lipinski definition) is 2. The molecular weight excluding hydrogens is 245 g/mol. The molecule has 2 aromatic rings. The quantitative estimate of drug-likeness (QED) is 0.884. The average Bonchev–Trinajstić information content (AvgIpc) is 2.45. The van der Waals surface area contributed by atoms with Gasteiger partial charge in [-0.3, -0.25) is 4.79 Å². The lowest BCUT2D eigenvalue weighted by Gasteiger charge is -2.11. The molecule has 98 valence electrons. The predicted molar refractivity (Wildman–Crippen MR) is 69.6 cm³/mol. The fourth-order valence-corrected chi connectivity index (χ4v) is 1.72. The van der Waals surface area contributed by atoms with Gasteiger partial charge in [-0.05, 0) is 23.3 Å². The van der Waals surface area contributed by atoms with Crippen molar-refractivity contribution in [2.24, 2.45) is 0 Å². The molecular formula is C15H14FNO2. The summed E-state index contributed by atoms with van der Waals surface area (Å²) in [5.41, 5.74) is 1.17. The minimum atomic E-state index is -1.21. The average molecular weight is 259 g/mol. The summed E-state index contributed by atoms with van der Waals surface area (Å²) in [6.45, 7) is 0.181. The van der Waals surface area contributed by atoms with Gasteiger partial charge < -0.3 is 10.4 Å². The van der Waals surface area contributed by atoms with Crippen LogP contribution in [0.3, 0.4) is 0 Å². The molecule has 2 N–H and O–H groups in total. The summed E-state index contributed by atoms with van der Waals surface area (Å²) < 4.78 is 13.0. The standard InChI is InChI=1S/C15H14FNO2/c16-13-8-4-5-11(9-13)10-17-15(19)14(18)12-6-2-1-3-7-12/h1-9,14,18H,10H2,(H,17,19). The van der Waals surface area contributed by atoms with Crippen LogP contribution in [0.5, 0.6) is 0 Å². The Kier molecular flexibility index (Phi) is 4.26. The largest absolute Gasteiger partial charge is 0.378 e. The van der Waals surface area contributed by atoms with Gasteiger partial charge in [-0.25, -0.2) is 4.39 Å². The fourth-order valence-electron chi connectivity index (χ4n) is 1.72. The molecule has 1 atom stereocenters. The Labute approximate surface area is 110 Å². The lowest BCUT2D eigenvalue weighted by Crippen LogP contribution is -2.28. The van der Waals surface area contributed by atoms with Crippen molar-refractivity contribution in [3.63, 3.8) is 0 Å². The molecule has 0 bridgehead atoms. The van der Waals surface area contributed by atoms with E-state index < -0.39 is 12.0 Å². The van der Waals surface area contributed by atoms with Crippen molar-refractivity contribution in [3.05, 3.63) is 71.5 Å². The molecule has 19 heavy (non-hydrogen) atoms. The number of carbonyl (C=O) groups excluding carboxylic acids is 1. The van der Waals surface area contributed by atoms with Crippen LogP contribution in [0.2, 0.25) is 0 Å². The number of benzene rings is 2. The molecule has 0 saturated carbocycles. The summed E-state index contributed by atoms with van der Waals surface area (Å²) >= 11 is 0. The number of rotatable bonds is 4. The van der Waals surface area contributed by atoms with Crippen molar-refractivity contribution >= 4 is 5.91 Å². The summed E-state index contributed by atoms with van der Waals surface area (Å²) in [7, 11) is 0. The predicted octanol–water partition coefficient (Wildman–Crippen LogP) is 2.18. The molecule has 0 spiro atoms. The topological polar surface area (TPSA) is 49.3 Å². The van der Waals surface area contributed by atoms with E-state index in [9.17, 15) is 14.3 Å². The highest BCUT2D eigenvalue weighted by Crippen LogP contribution is 2.12. The summed E-state index contributed by atoms with van der Waals surface area (Å²) in [6.07, 6.45) is -1.21. The van der Waals surface area contributed by atoms with Gasteiger partial charge in [0.25, 0.3) is 5.91 Å². The summed E-state index contributed by atoms with van der Waals surface area (Å²) in [6, 6.07) is 14.6. The van der Waals surface area contributed by atoms with Crippen LogP contribution >= 0.6 is 0 Å². The van der Waals surface area contributed by atoms with Gasteiger partial charge in [0.1, 0.15) is 5.82 Å². The SMILES string of the molecule is O=C(NCc1cccc(F)c1)C(O)c1ccccc1. The van der Waals surface area contributed by atoms with Crippen molar-refractivity contribution in [2.75, 3.05) is 0 Å². The second kappa shape index (κ2) is 6.11. The van der Waals surface area contributed by atoms with Crippen molar-refractivity contribution in [2.45, 2.75) is 12.6 Å². The van der Waals surface area contributed by atoms with Gasteiger partial charge in [0.15, 0.2) is 6.10 Å². The first-order chi connectivity index (χ1) is 9.16. The Hall–Kier alpha value is -2.20. The van der Waals surface area contributed by atoms with Gasteiger partial charge in [0.2, 0.25) is 0 Å². The fraction of sp³-hybridized carbons (Fsp3) is 0.133. The number of hydrogen-bond donors (Lipinski definition) is 2. The zero-order valence-electron chi connectivity index (χ0n) is 10.2. The van der Waals surface area contributed by atoms with Crippen molar-refractivity contribution in [3.8, 4) is 0 Å². The molecule has 1 amide bonds. The van der Waals surface area contributed by atoms with E-state index in [4.69, 9.17) is 0 Å². The molecule has 0 saturated heterocycles. The van der Waals surface area contributed by atoms with E-state index in [0.717, 1.165) is 0 Å². The first-order valence-corrected chi connectivity index (χ1v) is 5.92. The molecule has 2 rings (SSSR count). The maximum atomic E-state index is 13.0. The second-order valence-electron chi connectivity index (χ2n) is 4.16. The van der Waals surface area contributed by atoms with E-state index in [-0.39, 0.29) is 12.4 Å². The van der Waals surface area contributed by atoms with E-state index in [1.54, 1.807) is 42.5 Å². The zero-order valence-corrected chi connectivity index (χ0v) is 10.2. The first-order valence-electron chi connectivity index (χ1n) is 5.92. The molecule has 0 aliphatic rings. The highest BCUT2D eigenvalue weighted by molar-refractivity contribution is 5.81. The van der Waals surface area contributed by atoms with Crippen LogP contribution in [0.1, 0.15) is 17.2 Å². The van der Waals surface area contributed by atoms with E-state index in [1.807, 2.05) is 0 Å². The number of aliphatic hydroxyl groups is 1. The van der Waals surface area contributed by atoms with E-state index in [0.29, 0.717) is 11.1 Å². The van der Waals surface area contributed by atoms with Crippen molar-refractivity contribution < 1.29 is 14.3 Å². The Bertz CT molecular complexity index is 557. The van der Waals surface area contributed by atoms with Crippen LogP contribution in [0.4, 0.5) is 4.39 Å². The first kappa shape index (κ1) is 13.2. The van der Waals surface area contributed by atoms with Crippen LogP contribution in [-0.4, -0.2) is 11.0 Å². The van der Waals surface area contributed by atoms with E-state index in [1.165, 1.54) is 12.1 Å². The Balaban J connectivity index is 1.95. The molecule has 2 aromatic carbocycles. The zero-order chi connectivity index (χ0) is 13.7. The lowest BCUT2D eigenvalue weighted by atomic mass is 10.1. The van der Waals surface area contributed by atoms with Crippen LogP contribution in [0, 0.1) is 5.82 Å². The molecule has 0 aliphatic carbocycles. The molecule has 4 heteroatoms. The van der Waals surface area contributed by atoms with Crippen molar-refractivity contribution in [1.29, 1.82) is 0 Å². The Morgan fingerprint density at radius 3 is 2.58 bits per heavy atom. The summed E-state index contributed by atoms with van der Waals surface area (Å²) in [5, 5.41) is 12.4. The van der Waals surface area contributed by atoms with Gasteiger partial charge in [-0.1, -0.05) is 42.5 Å². The Morgan fingerprint density at radius 2 is 1.89 bits per heavy atom. The molecule has 1 unspecified atom stereocenters. The lowest BCUT2D eigenvalue weighted by molar-refractivity contribution is -0.129. The van der Waals surface area contributed by atoms with Crippen LogP contribution in [0.15, 0.2) is 54.6 Å². The number of halogens is 1. The van der Waals surface area contributed by atoms with Crippen LogP contribution in [-0.2, 0) is 11.3 Å². The molecule has 3 nitrogen and oxygen atoms in total. The van der Waals surface area contributed by atoms with Gasteiger partial charge in [0, 0.05) is 6.54 Å². The van der Waals surface area contributed by atoms with Gasteiger partial charge >= 0.3 is 0 Å². The molecule has 0 aliphatic heterocycles. The third-order valence-electron chi connectivity index (χ3n) is 2.72. The second-order valence-corrected chi connectivity index (χ2v) is 4.16. The summed E-state index contributed by atoms with van der Waals surface area (Å²) in [5.74, 6) is -0.856. The smallest absolute Gasteiger partial charge is 0.253 e. The maximum absolute atomic E-state index is 13.0. The molecule has 0 aromatic heterocycles. The summed E-state index contributed by atoms with van der Waals surface area (Å²) in [4.78, 5) is 11.7. The number of nitrogens with one attached hydrogen (secondary N) is 1. The number of aliphatic hydroxyl groups excluding tert-OH is 1. The van der Waals surface area contributed by atoms with Gasteiger partial charge in [-0.15, -0.1) is 0 Å². The third-order valence-corrected chi connectivity index (χ3v) is 2.72. The van der Waals surface area contributed by atoms with Crippen molar-refractivity contribution in [1.82, 2.24) is 5.32 Å². The third kappa shape index (κ3) is 3.63. The van der Waals surface area contributed by atoms with Gasteiger partial charge in [-0.2, -0.15) is 0 Å². The van der Waals surface area contributed by atoms with Gasteiger partial charge in [0.05, 0.1) is 0 Å². The minimum absolute atomic E-state index is 0.181. The molecule has 0 fully saturated rings. The molecule has 0 heterocycles. The van der Waals surface area contributed by atoms with Crippen LogP contribution < -0.4 is 5.32 Å². The number of amides is 1. The van der Waals surface area contributed by atoms with Crippen LogP contribution in [0.25, 0.3) is 0 Å². The monoisotopic (exact) mass is 259 g/mol. The normalized spacial score (nSPS) is 11.9. The maximum Gasteiger partial charge on any atom is 0.253 e. The van der Waals surface area contributed by atoms with E-state index in [2.05, 4.69) is 5.32 Å². The highest BCUT2D eigenvalue weighted by Gasteiger charge is 2.16. The Morgan fingerprint density at radius 1 is 1.16 bits per heavy atom.